The number of carbonyl (C=O) groups is 1. The fourth-order valence-corrected chi connectivity index (χ4v) is 4.18. The Kier molecular flexibility index (Phi) is 7.52. The van der Waals surface area contributed by atoms with E-state index >= 15 is 0 Å². The second-order valence-electron chi connectivity index (χ2n) is 8.59. The second kappa shape index (κ2) is 10.9. The molecule has 0 bridgehead atoms. The fraction of sp³-hybridized carbons (Fsp3) is 0.333. The molecular formula is C27H31N5O2. The van der Waals surface area contributed by atoms with Crippen molar-refractivity contribution in [2.75, 3.05) is 6.54 Å². The number of carbonyl (C=O) groups excluding carboxylic acids is 1. The number of nitrogens with zero attached hydrogens (tertiary/aromatic N) is 3. The highest BCUT2D eigenvalue weighted by atomic mass is 16.1. The summed E-state index contributed by atoms with van der Waals surface area (Å²) in [5, 5.41) is 12.1. The van der Waals surface area contributed by atoms with Crippen molar-refractivity contribution in [1.29, 1.82) is 5.41 Å². The number of unbranched alkanes of at least 4 members (excludes halogenated alkanes) is 5. The number of aromatic nitrogens is 3. The predicted octanol–water partition coefficient (Wildman–Crippen LogP) is 4.27. The molecular weight excluding hydrogens is 426 g/mol. The summed E-state index contributed by atoms with van der Waals surface area (Å²) in [6.07, 6.45) is 8.46. The van der Waals surface area contributed by atoms with Crippen molar-refractivity contribution in [2.24, 2.45) is 0 Å². The van der Waals surface area contributed by atoms with Gasteiger partial charge in [0.2, 0.25) is 0 Å². The molecule has 1 amide bonds. The van der Waals surface area contributed by atoms with Crippen molar-refractivity contribution in [2.45, 2.75) is 52.0 Å². The smallest absolute Gasteiger partial charge is 0.267 e. The van der Waals surface area contributed by atoms with Crippen molar-refractivity contribution in [1.82, 2.24) is 19.3 Å². The molecule has 0 radical (unpaired) electrons. The van der Waals surface area contributed by atoms with Crippen LogP contribution in [-0.2, 0) is 6.54 Å². The minimum Gasteiger partial charge on any atom is -0.352 e. The van der Waals surface area contributed by atoms with E-state index < -0.39 is 0 Å². The lowest BCUT2D eigenvalue weighted by Gasteiger charge is -2.15. The molecule has 3 heterocycles. The van der Waals surface area contributed by atoms with Crippen molar-refractivity contribution < 1.29 is 4.79 Å². The van der Waals surface area contributed by atoms with E-state index in [0.717, 1.165) is 24.8 Å². The molecule has 7 nitrogen and oxygen atoms in total. The van der Waals surface area contributed by atoms with Gasteiger partial charge in [0.25, 0.3) is 11.5 Å². The zero-order valence-electron chi connectivity index (χ0n) is 19.6. The molecule has 2 N–H and O–H groups in total. The van der Waals surface area contributed by atoms with E-state index in [1.807, 2.05) is 36.4 Å². The van der Waals surface area contributed by atoms with Crippen molar-refractivity contribution in [3.63, 3.8) is 0 Å². The summed E-state index contributed by atoms with van der Waals surface area (Å²) in [6, 6.07) is 16.6. The highest BCUT2D eigenvalue weighted by molar-refractivity contribution is 5.96. The standard InChI is InChI=1S/C27H31N5O2/c1-2-3-4-5-6-11-16-29-26(33)21-18-22-25(30-23-15-10-12-17-31(23)27(22)34)32(24(21)28)19-20-13-8-7-9-14-20/h7-10,12-15,17-18,28H,2-6,11,16,19H2,1H3,(H,29,33). The van der Waals surface area contributed by atoms with Crippen LogP contribution >= 0.6 is 0 Å². The fourth-order valence-electron chi connectivity index (χ4n) is 4.18. The average Bonchev–Trinajstić information content (AvgIpc) is 2.86. The van der Waals surface area contributed by atoms with Gasteiger partial charge < -0.3 is 9.88 Å². The number of hydrogen-bond acceptors (Lipinski definition) is 4. The molecule has 0 aliphatic heterocycles. The van der Waals surface area contributed by atoms with Gasteiger partial charge in [-0.25, -0.2) is 4.98 Å². The highest BCUT2D eigenvalue weighted by Gasteiger charge is 2.17. The molecule has 7 heteroatoms. The molecule has 0 aliphatic rings. The van der Waals surface area contributed by atoms with E-state index in [0.29, 0.717) is 29.8 Å². The van der Waals surface area contributed by atoms with Crippen LogP contribution in [0.4, 0.5) is 0 Å². The Balaban J connectivity index is 1.71. The van der Waals surface area contributed by atoms with Gasteiger partial charge in [-0.3, -0.25) is 19.4 Å². The zero-order valence-corrected chi connectivity index (χ0v) is 19.6. The van der Waals surface area contributed by atoms with Crippen LogP contribution in [0.15, 0.2) is 65.6 Å². The molecule has 0 saturated carbocycles. The number of fused-ring (bicyclic) bond motifs is 2. The zero-order chi connectivity index (χ0) is 23.9. The third kappa shape index (κ3) is 5.09. The van der Waals surface area contributed by atoms with E-state index in [2.05, 4.69) is 17.2 Å². The van der Waals surface area contributed by atoms with E-state index in [-0.39, 0.29) is 22.5 Å². The minimum absolute atomic E-state index is 0.0454. The molecule has 0 spiro atoms. The molecule has 1 aromatic carbocycles. The van der Waals surface area contributed by atoms with Crippen LogP contribution in [0, 0.1) is 5.41 Å². The summed E-state index contributed by atoms with van der Waals surface area (Å²) < 4.78 is 3.12. The Labute approximate surface area is 198 Å². The second-order valence-corrected chi connectivity index (χ2v) is 8.59. The quantitative estimate of drug-likeness (QED) is 0.275. The van der Waals surface area contributed by atoms with Crippen LogP contribution in [0.5, 0.6) is 0 Å². The van der Waals surface area contributed by atoms with Gasteiger partial charge in [-0.2, -0.15) is 0 Å². The van der Waals surface area contributed by atoms with Gasteiger partial charge in [-0.05, 0) is 30.2 Å². The Bertz CT molecular complexity index is 1410. The maximum Gasteiger partial charge on any atom is 0.267 e. The van der Waals surface area contributed by atoms with E-state index in [1.165, 1.54) is 29.7 Å². The number of benzene rings is 1. The summed E-state index contributed by atoms with van der Waals surface area (Å²) in [7, 11) is 0. The molecule has 0 aliphatic carbocycles. The first-order valence-electron chi connectivity index (χ1n) is 12.0. The van der Waals surface area contributed by atoms with Crippen molar-refractivity contribution in [3.05, 3.63) is 87.8 Å². The third-order valence-electron chi connectivity index (χ3n) is 6.06. The maximum atomic E-state index is 13.3. The Morgan fingerprint density at radius 2 is 1.74 bits per heavy atom. The SMILES string of the molecule is CCCCCCCCNC(=O)c1cc2c(=O)n3ccccc3nc2n(Cc2ccccc2)c1=N. The summed E-state index contributed by atoms with van der Waals surface area (Å²) in [4.78, 5) is 31.0. The van der Waals surface area contributed by atoms with Gasteiger partial charge in [0, 0.05) is 12.7 Å². The number of nitrogens with one attached hydrogen (secondary N) is 2. The van der Waals surface area contributed by atoms with Gasteiger partial charge in [0.1, 0.15) is 16.8 Å². The molecule has 4 rings (SSSR count). The number of hydrogen-bond donors (Lipinski definition) is 2. The Morgan fingerprint density at radius 1 is 1.00 bits per heavy atom. The van der Waals surface area contributed by atoms with Gasteiger partial charge in [-0.15, -0.1) is 0 Å². The van der Waals surface area contributed by atoms with Crippen LogP contribution in [0.2, 0.25) is 0 Å². The van der Waals surface area contributed by atoms with E-state index in [1.54, 1.807) is 22.9 Å². The average molecular weight is 458 g/mol. The largest absolute Gasteiger partial charge is 0.352 e. The first-order valence-corrected chi connectivity index (χ1v) is 12.0. The van der Waals surface area contributed by atoms with Crippen LogP contribution < -0.4 is 16.4 Å². The molecule has 3 aromatic heterocycles. The predicted molar refractivity (Wildman–Crippen MR) is 134 cm³/mol. The normalized spacial score (nSPS) is 11.2. The summed E-state index contributed by atoms with van der Waals surface area (Å²) in [6.45, 7) is 3.08. The third-order valence-corrected chi connectivity index (χ3v) is 6.06. The molecule has 0 fully saturated rings. The van der Waals surface area contributed by atoms with E-state index in [4.69, 9.17) is 5.41 Å². The molecule has 34 heavy (non-hydrogen) atoms. The lowest BCUT2D eigenvalue weighted by Crippen LogP contribution is -2.35. The van der Waals surface area contributed by atoms with Crippen LogP contribution in [-0.4, -0.2) is 26.4 Å². The van der Waals surface area contributed by atoms with Gasteiger partial charge in [0.05, 0.1) is 17.5 Å². The van der Waals surface area contributed by atoms with Crippen LogP contribution in [0.3, 0.4) is 0 Å². The topological polar surface area (TPSA) is 92.2 Å². The number of rotatable bonds is 10. The minimum atomic E-state index is -0.333. The van der Waals surface area contributed by atoms with Gasteiger partial charge in [-0.1, -0.05) is 75.4 Å². The molecule has 0 unspecified atom stereocenters. The lowest BCUT2D eigenvalue weighted by atomic mass is 10.1. The first-order chi connectivity index (χ1) is 16.6. The van der Waals surface area contributed by atoms with E-state index in [9.17, 15) is 9.59 Å². The summed E-state index contributed by atoms with van der Waals surface area (Å²) in [5.41, 5.74) is 1.83. The van der Waals surface area contributed by atoms with Gasteiger partial charge >= 0.3 is 0 Å². The van der Waals surface area contributed by atoms with Crippen LogP contribution in [0.25, 0.3) is 16.7 Å². The molecule has 0 atom stereocenters. The van der Waals surface area contributed by atoms with Crippen molar-refractivity contribution >= 4 is 22.6 Å². The monoisotopic (exact) mass is 457 g/mol. The summed E-state index contributed by atoms with van der Waals surface area (Å²) >= 11 is 0. The maximum absolute atomic E-state index is 13.3. The van der Waals surface area contributed by atoms with Crippen LogP contribution in [0.1, 0.15) is 61.4 Å². The van der Waals surface area contributed by atoms with Crippen molar-refractivity contribution in [3.8, 4) is 0 Å². The Morgan fingerprint density at radius 3 is 2.53 bits per heavy atom. The molecule has 176 valence electrons. The highest BCUT2D eigenvalue weighted by Crippen LogP contribution is 2.13. The molecule has 0 saturated heterocycles. The number of amides is 1. The first kappa shape index (κ1) is 23.4. The lowest BCUT2D eigenvalue weighted by molar-refractivity contribution is 0.0950. The molecule has 4 aromatic rings. The van der Waals surface area contributed by atoms with Gasteiger partial charge in [0.15, 0.2) is 0 Å². The summed E-state index contributed by atoms with van der Waals surface area (Å²) in [5.74, 6) is -0.333. The Hall–Kier alpha value is -3.74. The number of pyridine rings is 2.